The first-order valence-electron chi connectivity index (χ1n) is 3.63. The van der Waals surface area contributed by atoms with E-state index >= 15 is 0 Å². The predicted molar refractivity (Wildman–Crippen MR) is 50.7 cm³/mol. The highest BCUT2D eigenvalue weighted by Gasteiger charge is 2.02. The molecule has 66 valence electrons. The van der Waals surface area contributed by atoms with Crippen LogP contribution in [0.1, 0.15) is 0 Å². The highest BCUT2D eigenvalue weighted by atomic mass is 79.9. The van der Waals surface area contributed by atoms with Crippen LogP contribution in [0.3, 0.4) is 0 Å². The fraction of sp³-hybridized carbons (Fsp3) is 0. The zero-order valence-corrected chi connectivity index (χ0v) is 8.14. The van der Waals surface area contributed by atoms with Gasteiger partial charge in [0.1, 0.15) is 10.4 Å². The van der Waals surface area contributed by atoms with E-state index in [1.54, 1.807) is 29.1 Å². The van der Waals surface area contributed by atoms with Crippen LogP contribution in [0.4, 0.5) is 0 Å². The normalized spacial score (nSPS) is 10.2. The quantitative estimate of drug-likeness (QED) is 0.825. The molecule has 1 N–H and O–H groups in total. The van der Waals surface area contributed by atoms with Crippen LogP contribution in [0.5, 0.6) is 5.75 Å². The Bertz CT molecular complexity index is 427. The van der Waals surface area contributed by atoms with E-state index in [1.165, 1.54) is 0 Å². The third-order valence-electron chi connectivity index (χ3n) is 1.58. The molecule has 0 unspecified atom stereocenters. The van der Waals surface area contributed by atoms with E-state index in [0.717, 1.165) is 10.3 Å². The zero-order valence-electron chi connectivity index (χ0n) is 6.55. The molecule has 0 spiro atoms. The summed E-state index contributed by atoms with van der Waals surface area (Å²) < 4.78 is 2.33. The summed E-state index contributed by atoms with van der Waals surface area (Å²) in [5.74, 6) is 0.208. The predicted octanol–water partition coefficient (Wildman–Crippen LogP) is 1.74. The number of phenols is 1. The van der Waals surface area contributed by atoms with Crippen LogP contribution in [0.2, 0.25) is 0 Å². The first-order valence-corrected chi connectivity index (χ1v) is 4.42. The number of rotatable bonds is 1. The molecule has 0 aliphatic heterocycles. The van der Waals surface area contributed by atoms with Crippen molar-refractivity contribution in [2.75, 3.05) is 0 Å². The average molecular weight is 240 g/mol. The Labute approximate surface area is 82.9 Å². The lowest BCUT2D eigenvalue weighted by molar-refractivity contribution is 0.474. The van der Waals surface area contributed by atoms with E-state index in [9.17, 15) is 5.11 Å². The molecule has 0 saturated heterocycles. The Morgan fingerprint density at radius 3 is 2.85 bits per heavy atom. The van der Waals surface area contributed by atoms with Crippen LogP contribution in [0.25, 0.3) is 5.69 Å². The molecule has 5 heteroatoms. The smallest absolute Gasteiger partial charge is 0.130 e. The summed E-state index contributed by atoms with van der Waals surface area (Å²) in [4.78, 5) is 0. The number of aromatic hydroxyl groups is 1. The summed E-state index contributed by atoms with van der Waals surface area (Å²) in [6, 6.07) is 6.80. The maximum absolute atomic E-state index is 9.23. The molecule has 0 aliphatic carbocycles. The van der Waals surface area contributed by atoms with Crippen LogP contribution in [0, 0.1) is 0 Å². The minimum atomic E-state index is 0.208. The molecule has 1 heterocycles. The van der Waals surface area contributed by atoms with E-state index in [0.29, 0.717) is 0 Å². The molecule has 0 fully saturated rings. The summed E-state index contributed by atoms with van der Waals surface area (Å²) in [7, 11) is 0. The summed E-state index contributed by atoms with van der Waals surface area (Å²) in [5, 5.41) is 16.8. The summed E-state index contributed by atoms with van der Waals surface area (Å²) in [5.41, 5.74) is 0.768. The number of hydrogen-bond donors (Lipinski definition) is 1. The number of hydrogen-bond acceptors (Lipinski definition) is 3. The molecule has 2 rings (SSSR count). The molecular weight excluding hydrogens is 234 g/mol. The highest BCUT2D eigenvalue weighted by Crippen LogP contribution is 2.17. The Morgan fingerprint density at radius 1 is 1.38 bits per heavy atom. The third-order valence-corrected chi connectivity index (χ3v) is 2.12. The lowest BCUT2D eigenvalue weighted by Crippen LogP contribution is -1.96. The number of nitrogens with zero attached hydrogens (tertiary/aromatic N) is 3. The Morgan fingerprint density at radius 2 is 2.23 bits per heavy atom. The van der Waals surface area contributed by atoms with Gasteiger partial charge in [0.25, 0.3) is 0 Å². The summed E-state index contributed by atoms with van der Waals surface area (Å²) in [6.45, 7) is 0. The molecule has 0 bridgehead atoms. The minimum absolute atomic E-state index is 0.208. The maximum atomic E-state index is 9.23. The maximum Gasteiger partial charge on any atom is 0.130 e. The minimum Gasteiger partial charge on any atom is -0.508 e. The van der Waals surface area contributed by atoms with Gasteiger partial charge in [-0.3, -0.25) is 0 Å². The second-order valence-corrected chi connectivity index (χ2v) is 3.30. The van der Waals surface area contributed by atoms with Gasteiger partial charge >= 0.3 is 0 Å². The van der Waals surface area contributed by atoms with Crippen molar-refractivity contribution in [3.63, 3.8) is 0 Å². The van der Waals surface area contributed by atoms with Crippen LogP contribution < -0.4 is 0 Å². The van der Waals surface area contributed by atoms with Crippen molar-refractivity contribution in [1.82, 2.24) is 15.0 Å². The lowest BCUT2D eigenvalue weighted by atomic mass is 10.3. The fourth-order valence-electron chi connectivity index (χ4n) is 1.02. The molecule has 2 aromatic rings. The number of aromatic nitrogens is 3. The average Bonchev–Trinajstić information content (AvgIpc) is 2.51. The van der Waals surface area contributed by atoms with E-state index in [-0.39, 0.29) is 5.75 Å². The van der Waals surface area contributed by atoms with Gasteiger partial charge in [-0.25, -0.2) is 4.68 Å². The van der Waals surface area contributed by atoms with Crippen molar-refractivity contribution in [3.05, 3.63) is 35.1 Å². The number of benzene rings is 1. The molecule has 0 radical (unpaired) electrons. The second-order valence-electron chi connectivity index (χ2n) is 2.49. The standard InChI is InChI=1S/C8H6BrN3O/c9-8-5-10-11-12(8)6-2-1-3-7(13)4-6/h1-5,13H. The van der Waals surface area contributed by atoms with Gasteiger partial charge in [-0.1, -0.05) is 11.3 Å². The Kier molecular flexibility index (Phi) is 2.02. The molecule has 4 nitrogen and oxygen atoms in total. The van der Waals surface area contributed by atoms with Gasteiger partial charge in [0.2, 0.25) is 0 Å². The third kappa shape index (κ3) is 1.55. The van der Waals surface area contributed by atoms with Crippen LogP contribution in [-0.2, 0) is 0 Å². The largest absolute Gasteiger partial charge is 0.508 e. The molecule has 0 aliphatic rings. The molecule has 0 saturated carbocycles. The van der Waals surface area contributed by atoms with Gasteiger partial charge in [0.05, 0.1) is 11.9 Å². The van der Waals surface area contributed by atoms with Crippen LogP contribution in [-0.4, -0.2) is 20.1 Å². The van der Waals surface area contributed by atoms with Gasteiger partial charge in [0.15, 0.2) is 0 Å². The van der Waals surface area contributed by atoms with Gasteiger partial charge in [-0.2, -0.15) is 0 Å². The molecular formula is C8H6BrN3O. The van der Waals surface area contributed by atoms with Crippen molar-refractivity contribution in [1.29, 1.82) is 0 Å². The van der Waals surface area contributed by atoms with E-state index in [1.807, 2.05) is 6.07 Å². The van der Waals surface area contributed by atoms with Gasteiger partial charge in [0, 0.05) is 6.07 Å². The topological polar surface area (TPSA) is 50.9 Å². The van der Waals surface area contributed by atoms with Gasteiger partial charge in [-0.05, 0) is 28.1 Å². The second kappa shape index (κ2) is 3.18. The first kappa shape index (κ1) is 8.25. The van der Waals surface area contributed by atoms with Crippen LogP contribution >= 0.6 is 15.9 Å². The molecule has 1 aromatic carbocycles. The van der Waals surface area contributed by atoms with Gasteiger partial charge < -0.3 is 5.11 Å². The highest BCUT2D eigenvalue weighted by molar-refractivity contribution is 9.10. The lowest BCUT2D eigenvalue weighted by Gasteiger charge is -2.01. The number of halogens is 1. The van der Waals surface area contributed by atoms with Crippen molar-refractivity contribution in [3.8, 4) is 11.4 Å². The van der Waals surface area contributed by atoms with Crippen molar-refractivity contribution >= 4 is 15.9 Å². The zero-order chi connectivity index (χ0) is 9.26. The summed E-state index contributed by atoms with van der Waals surface area (Å²) >= 11 is 3.28. The van der Waals surface area contributed by atoms with E-state index in [4.69, 9.17) is 0 Å². The Hall–Kier alpha value is -1.36. The molecule has 1 aromatic heterocycles. The molecule has 0 amide bonds. The SMILES string of the molecule is Oc1cccc(-n2nncc2Br)c1. The number of phenolic OH excluding ortho intramolecular Hbond substituents is 1. The van der Waals surface area contributed by atoms with E-state index < -0.39 is 0 Å². The molecule has 0 atom stereocenters. The molecule has 13 heavy (non-hydrogen) atoms. The van der Waals surface area contributed by atoms with Crippen molar-refractivity contribution < 1.29 is 5.11 Å². The first-order chi connectivity index (χ1) is 6.27. The van der Waals surface area contributed by atoms with Gasteiger partial charge in [-0.15, -0.1) is 5.10 Å². The summed E-state index contributed by atoms with van der Waals surface area (Å²) in [6.07, 6.45) is 1.59. The van der Waals surface area contributed by atoms with Crippen molar-refractivity contribution in [2.45, 2.75) is 0 Å². The van der Waals surface area contributed by atoms with Crippen LogP contribution in [0.15, 0.2) is 35.1 Å². The fourth-order valence-corrected chi connectivity index (χ4v) is 1.39. The van der Waals surface area contributed by atoms with Crippen molar-refractivity contribution in [2.24, 2.45) is 0 Å². The van der Waals surface area contributed by atoms with E-state index in [2.05, 4.69) is 26.2 Å². The monoisotopic (exact) mass is 239 g/mol. The Balaban J connectivity index is 2.53.